The van der Waals surface area contributed by atoms with Crippen molar-refractivity contribution in [2.24, 2.45) is 0 Å². The van der Waals surface area contributed by atoms with E-state index in [4.69, 9.17) is 9.97 Å². The van der Waals surface area contributed by atoms with Gasteiger partial charge in [0.25, 0.3) is 0 Å². The second kappa shape index (κ2) is 9.66. The van der Waals surface area contributed by atoms with Crippen molar-refractivity contribution >= 4 is 33.8 Å². The van der Waals surface area contributed by atoms with Gasteiger partial charge < -0.3 is 9.80 Å². The zero-order valence-corrected chi connectivity index (χ0v) is 18.5. The van der Waals surface area contributed by atoms with E-state index < -0.39 is 0 Å². The Bertz CT molecular complexity index is 1140. The van der Waals surface area contributed by atoms with Gasteiger partial charge in [0, 0.05) is 43.3 Å². The Labute approximate surface area is 186 Å². The van der Waals surface area contributed by atoms with Crippen LogP contribution in [0.15, 0.2) is 60.1 Å². The van der Waals surface area contributed by atoms with E-state index in [1.165, 1.54) is 0 Å². The number of aromatic nitrogens is 3. The van der Waals surface area contributed by atoms with Crippen LogP contribution in [-0.4, -0.2) is 52.4 Å². The monoisotopic (exact) mass is 431 g/mol. The maximum atomic E-state index is 11.1. The summed E-state index contributed by atoms with van der Waals surface area (Å²) >= 11 is 1.63. The molecule has 1 aromatic carbocycles. The van der Waals surface area contributed by atoms with E-state index >= 15 is 0 Å². The van der Waals surface area contributed by atoms with Gasteiger partial charge in [-0.25, -0.2) is 9.97 Å². The zero-order valence-electron chi connectivity index (χ0n) is 17.7. The molecular formula is C24H25N5OS. The Morgan fingerprint density at radius 2 is 1.68 bits per heavy atom. The van der Waals surface area contributed by atoms with E-state index in [9.17, 15) is 4.79 Å². The quantitative estimate of drug-likeness (QED) is 0.437. The molecule has 1 fully saturated rings. The molecule has 3 aromatic heterocycles. The Morgan fingerprint density at radius 1 is 0.935 bits per heavy atom. The Kier molecular flexibility index (Phi) is 6.52. The fourth-order valence-corrected chi connectivity index (χ4v) is 4.57. The van der Waals surface area contributed by atoms with Crippen LogP contribution in [-0.2, 0) is 4.79 Å². The van der Waals surface area contributed by atoms with Crippen molar-refractivity contribution < 1.29 is 4.79 Å². The molecule has 0 unspecified atom stereocenters. The van der Waals surface area contributed by atoms with Gasteiger partial charge in [-0.3, -0.25) is 9.78 Å². The third-order valence-electron chi connectivity index (χ3n) is 5.16. The smallest absolute Gasteiger partial charge is 0.209 e. The number of rotatable bonds is 4. The van der Waals surface area contributed by atoms with E-state index in [2.05, 4.69) is 27.4 Å². The SMILES string of the molecule is CC.O=CN1CCN(c2nc(-c3ccccn3)nc3scc(-c4ccccc4)c23)CC1. The number of piperazine rings is 1. The van der Waals surface area contributed by atoms with Crippen LogP contribution in [0.4, 0.5) is 5.82 Å². The molecule has 4 heterocycles. The average molecular weight is 432 g/mol. The molecule has 1 aliphatic heterocycles. The highest BCUT2D eigenvalue weighted by Gasteiger charge is 2.23. The second-order valence-corrected chi connectivity index (χ2v) is 7.77. The fraction of sp³-hybridized carbons (Fsp3) is 0.250. The first-order valence-corrected chi connectivity index (χ1v) is 11.4. The van der Waals surface area contributed by atoms with Crippen LogP contribution in [0.3, 0.4) is 0 Å². The van der Waals surface area contributed by atoms with Gasteiger partial charge in [0.1, 0.15) is 16.3 Å². The Balaban J connectivity index is 0.00000112. The molecule has 1 aliphatic rings. The molecule has 1 saturated heterocycles. The van der Waals surface area contributed by atoms with Crippen molar-refractivity contribution in [2.45, 2.75) is 13.8 Å². The lowest BCUT2D eigenvalue weighted by atomic mass is 10.1. The summed E-state index contributed by atoms with van der Waals surface area (Å²) in [5, 5.41) is 3.22. The minimum atomic E-state index is 0.632. The maximum absolute atomic E-state index is 11.1. The number of fused-ring (bicyclic) bond motifs is 1. The van der Waals surface area contributed by atoms with E-state index in [-0.39, 0.29) is 0 Å². The Hall–Kier alpha value is -3.32. The van der Waals surface area contributed by atoms with Crippen LogP contribution >= 0.6 is 11.3 Å². The van der Waals surface area contributed by atoms with Gasteiger partial charge in [0.05, 0.1) is 5.39 Å². The summed E-state index contributed by atoms with van der Waals surface area (Å²) in [6.45, 7) is 6.88. The molecule has 31 heavy (non-hydrogen) atoms. The first kappa shape index (κ1) is 20.9. The number of anilines is 1. The summed E-state index contributed by atoms with van der Waals surface area (Å²) < 4.78 is 0. The minimum Gasteiger partial charge on any atom is -0.352 e. The molecule has 6 nitrogen and oxygen atoms in total. The summed E-state index contributed by atoms with van der Waals surface area (Å²) in [5.74, 6) is 1.55. The van der Waals surface area contributed by atoms with E-state index in [1.807, 2.05) is 50.2 Å². The van der Waals surface area contributed by atoms with Crippen LogP contribution in [0, 0.1) is 0 Å². The average Bonchev–Trinajstić information content (AvgIpc) is 3.30. The minimum absolute atomic E-state index is 0.632. The summed E-state index contributed by atoms with van der Waals surface area (Å²) in [4.78, 5) is 30.4. The molecule has 7 heteroatoms. The molecule has 1 amide bonds. The van der Waals surface area contributed by atoms with Crippen molar-refractivity contribution in [3.8, 4) is 22.6 Å². The predicted octanol–water partition coefficient (Wildman–Crippen LogP) is 4.72. The van der Waals surface area contributed by atoms with Crippen LogP contribution in [0.25, 0.3) is 32.9 Å². The molecule has 0 bridgehead atoms. The van der Waals surface area contributed by atoms with Crippen molar-refractivity contribution in [1.29, 1.82) is 0 Å². The molecule has 4 aromatic rings. The number of thiophene rings is 1. The zero-order chi connectivity index (χ0) is 21.6. The van der Waals surface area contributed by atoms with Crippen LogP contribution in [0.1, 0.15) is 13.8 Å². The van der Waals surface area contributed by atoms with Crippen molar-refractivity contribution in [1.82, 2.24) is 19.9 Å². The lowest BCUT2D eigenvalue weighted by Gasteiger charge is -2.33. The van der Waals surface area contributed by atoms with Gasteiger partial charge in [0.2, 0.25) is 6.41 Å². The largest absolute Gasteiger partial charge is 0.352 e. The fourth-order valence-electron chi connectivity index (χ4n) is 3.63. The topological polar surface area (TPSA) is 62.2 Å². The molecule has 0 aliphatic carbocycles. The highest BCUT2D eigenvalue weighted by atomic mass is 32.1. The number of nitrogens with zero attached hydrogens (tertiary/aromatic N) is 5. The number of hydrogen-bond acceptors (Lipinski definition) is 6. The number of hydrogen-bond donors (Lipinski definition) is 0. The lowest BCUT2D eigenvalue weighted by molar-refractivity contribution is -0.118. The van der Waals surface area contributed by atoms with E-state index in [0.29, 0.717) is 18.9 Å². The van der Waals surface area contributed by atoms with Crippen LogP contribution < -0.4 is 4.90 Å². The highest BCUT2D eigenvalue weighted by molar-refractivity contribution is 7.17. The maximum Gasteiger partial charge on any atom is 0.209 e. The summed E-state index contributed by atoms with van der Waals surface area (Å²) in [6.07, 6.45) is 2.68. The number of carbonyl (C=O) groups excluding carboxylic acids is 1. The number of carbonyl (C=O) groups is 1. The third kappa shape index (κ3) is 4.27. The van der Waals surface area contributed by atoms with Gasteiger partial charge >= 0.3 is 0 Å². The summed E-state index contributed by atoms with van der Waals surface area (Å²) in [7, 11) is 0. The molecule has 5 rings (SSSR count). The van der Waals surface area contributed by atoms with Gasteiger partial charge in [-0.15, -0.1) is 11.3 Å². The molecular weight excluding hydrogens is 406 g/mol. The van der Waals surface area contributed by atoms with Crippen molar-refractivity contribution in [3.05, 3.63) is 60.1 Å². The molecule has 0 N–H and O–H groups in total. The molecule has 0 spiro atoms. The first-order valence-electron chi connectivity index (χ1n) is 10.5. The molecule has 158 valence electrons. The lowest BCUT2D eigenvalue weighted by Crippen LogP contribution is -2.46. The van der Waals surface area contributed by atoms with Gasteiger partial charge in [-0.1, -0.05) is 50.2 Å². The van der Waals surface area contributed by atoms with E-state index in [1.54, 1.807) is 22.4 Å². The standard InChI is InChI=1S/C22H19N5OS.C2H6/c28-15-26-10-12-27(13-11-26)21-19-17(16-6-2-1-3-7-16)14-29-22(19)25-20(24-21)18-8-4-5-9-23-18;1-2/h1-9,14-15H,10-13H2;1-2H3. The predicted molar refractivity (Wildman–Crippen MR) is 127 cm³/mol. The normalized spacial score (nSPS) is 13.6. The second-order valence-electron chi connectivity index (χ2n) is 6.91. The number of amides is 1. The number of pyridine rings is 1. The molecule has 0 saturated carbocycles. The third-order valence-corrected chi connectivity index (χ3v) is 6.03. The molecule has 0 atom stereocenters. The van der Waals surface area contributed by atoms with E-state index in [0.717, 1.165) is 52.4 Å². The van der Waals surface area contributed by atoms with Gasteiger partial charge in [0.15, 0.2) is 5.82 Å². The Morgan fingerprint density at radius 3 is 2.35 bits per heavy atom. The van der Waals surface area contributed by atoms with Gasteiger partial charge in [-0.2, -0.15) is 0 Å². The van der Waals surface area contributed by atoms with Crippen molar-refractivity contribution in [2.75, 3.05) is 31.1 Å². The first-order chi connectivity index (χ1) is 15.3. The van der Waals surface area contributed by atoms with Crippen molar-refractivity contribution in [3.63, 3.8) is 0 Å². The van der Waals surface area contributed by atoms with Crippen LogP contribution in [0.5, 0.6) is 0 Å². The van der Waals surface area contributed by atoms with Gasteiger partial charge in [-0.05, 0) is 17.7 Å². The number of benzene rings is 1. The summed E-state index contributed by atoms with van der Waals surface area (Å²) in [6, 6.07) is 16.1. The van der Waals surface area contributed by atoms with Crippen LogP contribution in [0.2, 0.25) is 0 Å². The highest BCUT2D eigenvalue weighted by Crippen LogP contribution is 2.39. The summed E-state index contributed by atoms with van der Waals surface area (Å²) in [5.41, 5.74) is 3.06. The molecule has 0 radical (unpaired) electrons.